The van der Waals surface area contributed by atoms with Gasteiger partial charge in [-0.25, -0.2) is 0 Å². The zero-order valence-corrected chi connectivity index (χ0v) is 13.1. The van der Waals surface area contributed by atoms with Crippen LogP contribution in [0.3, 0.4) is 0 Å². The van der Waals surface area contributed by atoms with Crippen LogP contribution in [0.4, 0.5) is 0 Å². The van der Waals surface area contributed by atoms with Crippen molar-refractivity contribution in [3.05, 3.63) is 47.0 Å². The minimum absolute atomic E-state index is 0.639. The fraction of sp³-hybridized carbons (Fsp3) is 0.438. The summed E-state index contributed by atoms with van der Waals surface area (Å²) in [4.78, 5) is 4.25. The molecule has 1 aromatic heterocycles. The van der Waals surface area contributed by atoms with E-state index >= 15 is 0 Å². The monoisotopic (exact) mass is 298 g/mol. The molecule has 6 nitrogen and oxygen atoms in total. The summed E-state index contributed by atoms with van der Waals surface area (Å²) in [6.07, 6.45) is 2.20. The largest absolute Gasteiger partial charge is 0.352 e. The summed E-state index contributed by atoms with van der Waals surface area (Å²) >= 11 is 0. The van der Waals surface area contributed by atoms with E-state index in [4.69, 9.17) is 0 Å². The van der Waals surface area contributed by atoms with Crippen LogP contribution in [0.15, 0.2) is 29.3 Å². The molecule has 116 valence electrons. The van der Waals surface area contributed by atoms with Gasteiger partial charge in [0.1, 0.15) is 5.82 Å². The van der Waals surface area contributed by atoms with Gasteiger partial charge in [0.25, 0.3) is 0 Å². The third-order valence-corrected chi connectivity index (χ3v) is 3.90. The molecule has 0 amide bonds. The molecule has 0 radical (unpaired) electrons. The average Bonchev–Trinajstić information content (AvgIpc) is 3.13. The van der Waals surface area contributed by atoms with Gasteiger partial charge in [-0.2, -0.15) is 0 Å². The Balaban J connectivity index is 1.53. The van der Waals surface area contributed by atoms with Gasteiger partial charge < -0.3 is 15.2 Å². The van der Waals surface area contributed by atoms with Gasteiger partial charge in [0, 0.05) is 26.6 Å². The molecule has 0 spiro atoms. The molecule has 0 atom stereocenters. The minimum atomic E-state index is 0.639. The topological polar surface area (TPSA) is 67.1 Å². The van der Waals surface area contributed by atoms with Crippen LogP contribution in [0.5, 0.6) is 0 Å². The highest BCUT2D eigenvalue weighted by atomic mass is 15.3. The number of fused-ring (bicyclic) bond motifs is 1. The number of aliphatic imine (C=N–C) groups is 1. The number of nitrogens with one attached hydrogen (secondary N) is 2. The van der Waals surface area contributed by atoms with Crippen molar-refractivity contribution in [3.8, 4) is 0 Å². The molecule has 2 aromatic rings. The molecular weight excluding hydrogens is 276 g/mol. The molecule has 6 heteroatoms. The lowest BCUT2D eigenvalue weighted by molar-refractivity contribution is 0.663. The van der Waals surface area contributed by atoms with Gasteiger partial charge in [0.2, 0.25) is 0 Å². The number of hydrogen-bond acceptors (Lipinski definition) is 3. The van der Waals surface area contributed by atoms with Crippen LogP contribution >= 0.6 is 0 Å². The molecule has 1 aliphatic heterocycles. The minimum Gasteiger partial charge on any atom is -0.352 e. The number of aryl methyl sites for hydroxylation is 2. The van der Waals surface area contributed by atoms with Crippen LogP contribution in [0, 0.1) is 6.92 Å². The molecule has 0 aliphatic carbocycles. The van der Waals surface area contributed by atoms with E-state index < -0.39 is 0 Å². The van der Waals surface area contributed by atoms with Crippen molar-refractivity contribution in [2.24, 2.45) is 4.99 Å². The van der Waals surface area contributed by atoms with Crippen LogP contribution in [0.25, 0.3) is 0 Å². The Morgan fingerprint density at radius 3 is 2.73 bits per heavy atom. The van der Waals surface area contributed by atoms with E-state index in [0.29, 0.717) is 6.54 Å². The van der Waals surface area contributed by atoms with Crippen molar-refractivity contribution in [1.82, 2.24) is 25.4 Å². The molecule has 0 fully saturated rings. The Kier molecular flexibility index (Phi) is 4.37. The Bertz CT molecular complexity index is 656. The average molecular weight is 298 g/mol. The molecule has 0 bridgehead atoms. The van der Waals surface area contributed by atoms with Crippen LogP contribution in [-0.4, -0.2) is 27.8 Å². The number of aromatic nitrogens is 3. The van der Waals surface area contributed by atoms with E-state index in [1.54, 1.807) is 7.05 Å². The fourth-order valence-corrected chi connectivity index (χ4v) is 2.62. The quantitative estimate of drug-likeness (QED) is 0.661. The van der Waals surface area contributed by atoms with Gasteiger partial charge in [-0.1, -0.05) is 29.8 Å². The standard InChI is InChI=1S/C16H22N6/c1-12-5-7-13(8-6-12)10-18-16(17-2)19-11-15-21-20-14-4-3-9-22(14)15/h5-8H,3-4,9-11H2,1-2H3,(H2,17,18,19). The molecule has 0 saturated heterocycles. The summed E-state index contributed by atoms with van der Waals surface area (Å²) in [6, 6.07) is 8.49. The van der Waals surface area contributed by atoms with Crippen LogP contribution in [-0.2, 0) is 26.1 Å². The third kappa shape index (κ3) is 3.27. The molecule has 1 aliphatic rings. The van der Waals surface area contributed by atoms with Crippen LogP contribution in [0.1, 0.15) is 29.2 Å². The molecular formula is C16H22N6. The molecule has 1 aromatic carbocycles. The Morgan fingerprint density at radius 2 is 1.95 bits per heavy atom. The summed E-state index contributed by atoms with van der Waals surface area (Å²) in [5.41, 5.74) is 2.50. The first-order valence-corrected chi connectivity index (χ1v) is 7.67. The smallest absolute Gasteiger partial charge is 0.191 e. The Hall–Kier alpha value is -2.37. The lowest BCUT2D eigenvalue weighted by Crippen LogP contribution is -2.37. The summed E-state index contributed by atoms with van der Waals surface area (Å²) in [5, 5.41) is 15.1. The first kappa shape index (κ1) is 14.6. The van der Waals surface area contributed by atoms with Crippen LogP contribution < -0.4 is 10.6 Å². The molecule has 22 heavy (non-hydrogen) atoms. The lowest BCUT2D eigenvalue weighted by Gasteiger charge is -2.12. The van der Waals surface area contributed by atoms with Crippen molar-refractivity contribution < 1.29 is 0 Å². The lowest BCUT2D eigenvalue weighted by atomic mass is 10.1. The molecule has 2 N–H and O–H groups in total. The zero-order valence-electron chi connectivity index (χ0n) is 13.1. The van der Waals surface area contributed by atoms with Gasteiger partial charge in [-0.15, -0.1) is 10.2 Å². The summed E-state index contributed by atoms with van der Waals surface area (Å²) in [7, 11) is 1.78. The second-order valence-electron chi connectivity index (χ2n) is 5.55. The Labute approximate surface area is 130 Å². The van der Waals surface area contributed by atoms with Gasteiger partial charge in [0.15, 0.2) is 11.8 Å². The van der Waals surface area contributed by atoms with Crippen molar-refractivity contribution in [1.29, 1.82) is 0 Å². The van der Waals surface area contributed by atoms with E-state index in [9.17, 15) is 0 Å². The van der Waals surface area contributed by atoms with E-state index in [2.05, 4.69) is 61.6 Å². The molecule has 3 rings (SSSR count). The van der Waals surface area contributed by atoms with Gasteiger partial charge >= 0.3 is 0 Å². The SMILES string of the molecule is CN=C(NCc1ccc(C)cc1)NCc1nnc2n1CCC2. The number of rotatable bonds is 4. The highest BCUT2D eigenvalue weighted by Gasteiger charge is 2.16. The van der Waals surface area contributed by atoms with E-state index in [0.717, 1.165) is 43.5 Å². The van der Waals surface area contributed by atoms with E-state index in [1.165, 1.54) is 11.1 Å². The number of benzene rings is 1. The second-order valence-corrected chi connectivity index (χ2v) is 5.55. The maximum absolute atomic E-state index is 4.25. The highest BCUT2D eigenvalue weighted by molar-refractivity contribution is 5.79. The Morgan fingerprint density at radius 1 is 1.18 bits per heavy atom. The van der Waals surface area contributed by atoms with Gasteiger partial charge in [-0.05, 0) is 18.9 Å². The van der Waals surface area contributed by atoms with E-state index in [1.807, 2.05) is 0 Å². The molecule has 0 saturated carbocycles. The first-order valence-electron chi connectivity index (χ1n) is 7.67. The normalized spacial score (nSPS) is 14.0. The predicted molar refractivity (Wildman–Crippen MR) is 86.6 cm³/mol. The number of nitrogens with zero attached hydrogens (tertiary/aromatic N) is 4. The number of hydrogen-bond donors (Lipinski definition) is 2. The first-order chi connectivity index (χ1) is 10.8. The van der Waals surface area contributed by atoms with Gasteiger partial charge in [-0.3, -0.25) is 4.99 Å². The van der Waals surface area contributed by atoms with Gasteiger partial charge in [0.05, 0.1) is 6.54 Å². The summed E-state index contributed by atoms with van der Waals surface area (Å²) in [6.45, 7) is 4.50. The van der Waals surface area contributed by atoms with Crippen molar-refractivity contribution in [3.63, 3.8) is 0 Å². The summed E-state index contributed by atoms with van der Waals surface area (Å²) < 4.78 is 2.19. The molecule has 0 unspecified atom stereocenters. The fourth-order valence-electron chi connectivity index (χ4n) is 2.62. The van der Waals surface area contributed by atoms with Crippen LogP contribution in [0.2, 0.25) is 0 Å². The zero-order chi connectivity index (χ0) is 15.4. The van der Waals surface area contributed by atoms with Crippen molar-refractivity contribution in [2.45, 2.75) is 39.4 Å². The predicted octanol–water partition coefficient (Wildman–Crippen LogP) is 1.40. The van der Waals surface area contributed by atoms with E-state index in [-0.39, 0.29) is 0 Å². The van der Waals surface area contributed by atoms with Crippen molar-refractivity contribution in [2.75, 3.05) is 7.05 Å². The molecule has 2 heterocycles. The van der Waals surface area contributed by atoms with Crippen molar-refractivity contribution >= 4 is 5.96 Å². The second kappa shape index (κ2) is 6.60. The maximum atomic E-state index is 4.25. The summed E-state index contributed by atoms with van der Waals surface area (Å²) in [5.74, 6) is 2.85. The third-order valence-electron chi connectivity index (χ3n) is 3.90. The maximum Gasteiger partial charge on any atom is 0.191 e. The number of guanidine groups is 1. The highest BCUT2D eigenvalue weighted by Crippen LogP contribution is 2.13.